The Balaban J connectivity index is 2.58. The molecule has 0 amide bonds. The molecule has 15 heavy (non-hydrogen) atoms. The van der Waals surface area contributed by atoms with Crippen molar-refractivity contribution in [2.45, 2.75) is 20.8 Å². The van der Waals surface area contributed by atoms with E-state index in [1.54, 1.807) is 0 Å². The van der Waals surface area contributed by atoms with Gasteiger partial charge in [0.1, 0.15) is 0 Å². The van der Waals surface area contributed by atoms with Gasteiger partial charge in [-0.05, 0) is 52.6 Å². The number of hydrogen-bond donors (Lipinski definition) is 2. The molecule has 0 saturated heterocycles. The van der Waals surface area contributed by atoms with Crippen molar-refractivity contribution in [3.63, 3.8) is 0 Å². The number of halogens is 1. The van der Waals surface area contributed by atoms with Crippen LogP contribution in [-0.2, 0) is 0 Å². The predicted octanol–water partition coefficient (Wildman–Crippen LogP) is 3.58. The fourth-order valence-corrected chi connectivity index (χ4v) is 1.72. The first-order chi connectivity index (χ1) is 7.00. The molecule has 0 aliphatic heterocycles. The molecule has 0 radical (unpaired) electrons. The number of nitrogens with one attached hydrogen (secondary N) is 1. The van der Waals surface area contributed by atoms with Gasteiger partial charge in [-0.15, -0.1) is 0 Å². The first-order valence-corrected chi connectivity index (χ1v) is 6.37. The van der Waals surface area contributed by atoms with Crippen LogP contribution in [0.4, 0.5) is 11.4 Å². The Morgan fingerprint density at radius 3 is 2.53 bits per heavy atom. The van der Waals surface area contributed by atoms with E-state index in [0.29, 0.717) is 11.8 Å². The first-order valence-electron chi connectivity index (χ1n) is 5.29. The molecule has 0 fully saturated rings. The summed E-state index contributed by atoms with van der Waals surface area (Å²) in [6, 6.07) is 6.10. The number of rotatable bonds is 4. The Morgan fingerprint density at radius 2 is 2.00 bits per heavy atom. The van der Waals surface area contributed by atoms with Crippen LogP contribution < -0.4 is 11.1 Å². The van der Waals surface area contributed by atoms with Crippen LogP contribution in [0.15, 0.2) is 18.2 Å². The topological polar surface area (TPSA) is 38.0 Å². The zero-order valence-electron chi connectivity index (χ0n) is 9.55. The van der Waals surface area contributed by atoms with Gasteiger partial charge in [-0.25, -0.2) is 0 Å². The predicted molar refractivity (Wildman–Crippen MR) is 76.1 cm³/mol. The molecule has 1 unspecified atom stereocenters. The SMILES string of the molecule is CC(C)C(C)CNc1ccc(I)cc1N. The lowest BCUT2D eigenvalue weighted by molar-refractivity contribution is 0.440. The fourth-order valence-electron chi connectivity index (χ4n) is 1.20. The third-order valence-electron chi connectivity index (χ3n) is 2.77. The van der Waals surface area contributed by atoms with Crippen molar-refractivity contribution in [1.82, 2.24) is 0 Å². The largest absolute Gasteiger partial charge is 0.397 e. The van der Waals surface area contributed by atoms with E-state index in [4.69, 9.17) is 5.73 Å². The minimum atomic E-state index is 0.656. The summed E-state index contributed by atoms with van der Waals surface area (Å²) in [5.74, 6) is 1.35. The van der Waals surface area contributed by atoms with Crippen molar-refractivity contribution < 1.29 is 0 Å². The molecule has 0 heterocycles. The smallest absolute Gasteiger partial charge is 0.0574 e. The van der Waals surface area contributed by atoms with Gasteiger partial charge in [-0.2, -0.15) is 0 Å². The monoisotopic (exact) mass is 318 g/mol. The highest BCUT2D eigenvalue weighted by atomic mass is 127. The third kappa shape index (κ3) is 3.89. The molecule has 0 saturated carbocycles. The highest BCUT2D eigenvalue weighted by Gasteiger charge is 2.07. The van der Waals surface area contributed by atoms with Crippen LogP contribution in [0, 0.1) is 15.4 Å². The van der Waals surface area contributed by atoms with Crippen LogP contribution in [0.3, 0.4) is 0 Å². The Bertz CT molecular complexity index is 323. The Kier molecular flexibility index (Phi) is 4.70. The highest BCUT2D eigenvalue weighted by molar-refractivity contribution is 14.1. The third-order valence-corrected chi connectivity index (χ3v) is 3.44. The van der Waals surface area contributed by atoms with Gasteiger partial charge in [0.15, 0.2) is 0 Å². The molecule has 2 nitrogen and oxygen atoms in total. The zero-order chi connectivity index (χ0) is 11.4. The molecule has 1 aromatic rings. The number of nitrogen functional groups attached to an aromatic ring is 1. The van der Waals surface area contributed by atoms with Gasteiger partial charge in [0.05, 0.1) is 11.4 Å². The standard InChI is InChI=1S/C12H19IN2/c1-8(2)9(3)7-15-12-5-4-10(13)6-11(12)14/h4-6,8-9,15H,7,14H2,1-3H3. The summed E-state index contributed by atoms with van der Waals surface area (Å²) < 4.78 is 1.17. The summed E-state index contributed by atoms with van der Waals surface area (Å²) >= 11 is 2.27. The first kappa shape index (κ1) is 12.6. The quantitative estimate of drug-likeness (QED) is 0.658. The summed E-state index contributed by atoms with van der Waals surface area (Å²) in [6.45, 7) is 7.70. The molecule has 0 spiro atoms. The van der Waals surface area contributed by atoms with E-state index in [2.05, 4.69) is 54.7 Å². The van der Waals surface area contributed by atoms with Gasteiger partial charge < -0.3 is 11.1 Å². The highest BCUT2D eigenvalue weighted by Crippen LogP contribution is 2.21. The van der Waals surface area contributed by atoms with Crippen molar-refractivity contribution in [2.24, 2.45) is 11.8 Å². The van der Waals surface area contributed by atoms with E-state index >= 15 is 0 Å². The van der Waals surface area contributed by atoms with Crippen LogP contribution in [0.25, 0.3) is 0 Å². The maximum absolute atomic E-state index is 5.92. The molecule has 0 aliphatic carbocycles. The number of nitrogens with two attached hydrogens (primary N) is 1. The molecule has 1 aromatic carbocycles. The second-order valence-electron chi connectivity index (χ2n) is 4.33. The summed E-state index contributed by atoms with van der Waals surface area (Å²) in [5, 5.41) is 3.39. The molecule has 1 atom stereocenters. The molecular weight excluding hydrogens is 299 g/mol. The summed E-state index contributed by atoms with van der Waals surface area (Å²) in [4.78, 5) is 0. The van der Waals surface area contributed by atoms with Crippen molar-refractivity contribution >= 4 is 34.0 Å². The van der Waals surface area contributed by atoms with Crippen molar-refractivity contribution in [1.29, 1.82) is 0 Å². The average Bonchev–Trinajstić information content (AvgIpc) is 2.15. The Morgan fingerprint density at radius 1 is 1.33 bits per heavy atom. The summed E-state index contributed by atoms with van der Waals surface area (Å²) in [7, 11) is 0. The fraction of sp³-hybridized carbons (Fsp3) is 0.500. The van der Waals surface area contributed by atoms with Crippen LogP contribution >= 0.6 is 22.6 Å². The van der Waals surface area contributed by atoms with Crippen LogP contribution in [0.2, 0.25) is 0 Å². The molecule has 0 bridgehead atoms. The lowest BCUT2D eigenvalue weighted by atomic mass is 9.98. The van der Waals surface area contributed by atoms with E-state index in [1.807, 2.05) is 12.1 Å². The van der Waals surface area contributed by atoms with E-state index < -0.39 is 0 Å². The molecule has 84 valence electrons. The van der Waals surface area contributed by atoms with Crippen LogP contribution in [0.5, 0.6) is 0 Å². The van der Waals surface area contributed by atoms with Gasteiger partial charge >= 0.3 is 0 Å². The maximum Gasteiger partial charge on any atom is 0.0574 e. The lowest BCUT2D eigenvalue weighted by Crippen LogP contribution is -2.16. The van der Waals surface area contributed by atoms with Crippen molar-refractivity contribution in [3.05, 3.63) is 21.8 Å². The van der Waals surface area contributed by atoms with Gasteiger partial charge in [-0.3, -0.25) is 0 Å². The van der Waals surface area contributed by atoms with E-state index in [9.17, 15) is 0 Å². The summed E-state index contributed by atoms with van der Waals surface area (Å²) in [6.07, 6.45) is 0. The Labute approximate surface area is 106 Å². The van der Waals surface area contributed by atoms with Crippen LogP contribution in [-0.4, -0.2) is 6.54 Å². The number of hydrogen-bond acceptors (Lipinski definition) is 2. The zero-order valence-corrected chi connectivity index (χ0v) is 11.7. The van der Waals surface area contributed by atoms with Gasteiger partial charge in [0.25, 0.3) is 0 Å². The Hall–Kier alpha value is -0.450. The minimum absolute atomic E-state index is 0.656. The average molecular weight is 318 g/mol. The van der Waals surface area contributed by atoms with Crippen molar-refractivity contribution in [3.8, 4) is 0 Å². The number of benzene rings is 1. The maximum atomic E-state index is 5.92. The summed E-state index contributed by atoms with van der Waals surface area (Å²) in [5.41, 5.74) is 7.79. The molecule has 1 rings (SSSR count). The van der Waals surface area contributed by atoms with Crippen molar-refractivity contribution in [2.75, 3.05) is 17.6 Å². The van der Waals surface area contributed by atoms with Gasteiger partial charge in [0.2, 0.25) is 0 Å². The second-order valence-corrected chi connectivity index (χ2v) is 5.58. The second kappa shape index (κ2) is 5.58. The lowest BCUT2D eigenvalue weighted by Gasteiger charge is -2.17. The van der Waals surface area contributed by atoms with Gasteiger partial charge in [0, 0.05) is 10.1 Å². The normalized spacial score (nSPS) is 12.9. The molecule has 0 aliphatic rings. The molecule has 3 N–H and O–H groups in total. The van der Waals surface area contributed by atoms with E-state index in [1.165, 1.54) is 3.57 Å². The molecule has 0 aromatic heterocycles. The van der Waals surface area contributed by atoms with Crippen LogP contribution in [0.1, 0.15) is 20.8 Å². The van der Waals surface area contributed by atoms with E-state index in [-0.39, 0.29) is 0 Å². The number of anilines is 2. The van der Waals surface area contributed by atoms with E-state index in [0.717, 1.165) is 17.9 Å². The minimum Gasteiger partial charge on any atom is -0.397 e. The molecular formula is C12H19IN2. The van der Waals surface area contributed by atoms with Gasteiger partial charge in [-0.1, -0.05) is 20.8 Å². The molecule has 3 heteroatoms.